The molecule has 1 fully saturated rings. The fourth-order valence-corrected chi connectivity index (χ4v) is 3.74. The molecule has 1 aliphatic heterocycles. The van der Waals surface area contributed by atoms with Gasteiger partial charge in [-0.25, -0.2) is 4.98 Å². The van der Waals surface area contributed by atoms with Crippen LogP contribution in [-0.4, -0.2) is 71.5 Å². The Labute approximate surface area is 178 Å². The monoisotopic (exact) mass is 430 g/mol. The van der Waals surface area contributed by atoms with Gasteiger partial charge in [0.05, 0.1) is 12.9 Å². The predicted molar refractivity (Wildman–Crippen MR) is 113 cm³/mol. The van der Waals surface area contributed by atoms with E-state index in [4.69, 9.17) is 10.5 Å². The largest absolute Gasteiger partial charge is 0.396 e. The second kappa shape index (κ2) is 8.73. The number of fused-ring (bicyclic) bond motifs is 1. The van der Waals surface area contributed by atoms with Crippen molar-refractivity contribution in [3.05, 3.63) is 35.7 Å². The third-order valence-electron chi connectivity index (χ3n) is 5.44. The highest BCUT2D eigenvalue weighted by atomic mass is 16.6. The molecule has 31 heavy (non-hydrogen) atoms. The van der Waals surface area contributed by atoms with Gasteiger partial charge in [0.2, 0.25) is 5.95 Å². The number of hydrogen-bond donors (Lipinski definition) is 6. The van der Waals surface area contributed by atoms with Crippen LogP contribution in [0.5, 0.6) is 0 Å². The first-order chi connectivity index (χ1) is 15.0. The summed E-state index contributed by atoms with van der Waals surface area (Å²) in [5, 5.41) is 42.2. The molecule has 0 aliphatic carbocycles. The van der Waals surface area contributed by atoms with Gasteiger partial charge in [-0.05, 0) is 30.0 Å². The SMILES string of the molecule is CCc1ccc(CCO)cc1Nc1nc(N)c2ncn([C@@H]3O[C@H](CO)[C@@H](O)[C@H]3O)c2n1. The average molecular weight is 430 g/mol. The Kier molecular flexibility index (Phi) is 6.03. The van der Waals surface area contributed by atoms with E-state index in [9.17, 15) is 20.4 Å². The highest BCUT2D eigenvalue weighted by Gasteiger charge is 2.44. The molecule has 0 amide bonds. The number of anilines is 3. The molecule has 2 aromatic heterocycles. The van der Waals surface area contributed by atoms with Crippen LogP contribution < -0.4 is 11.1 Å². The molecule has 1 aliphatic rings. The molecule has 0 unspecified atom stereocenters. The molecule has 0 saturated carbocycles. The molecular formula is C20H26N6O5. The number of aryl methyl sites for hydroxylation is 1. The zero-order chi connectivity index (χ0) is 22.1. The van der Waals surface area contributed by atoms with Crippen LogP contribution in [0.25, 0.3) is 11.2 Å². The molecule has 7 N–H and O–H groups in total. The Morgan fingerprint density at radius 1 is 1.19 bits per heavy atom. The van der Waals surface area contributed by atoms with E-state index in [2.05, 4.69) is 20.3 Å². The molecule has 0 bridgehead atoms. The number of nitrogens with zero attached hydrogens (tertiary/aromatic N) is 4. The average Bonchev–Trinajstić information content (AvgIpc) is 3.30. The van der Waals surface area contributed by atoms with E-state index in [0.717, 1.165) is 23.2 Å². The van der Waals surface area contributed by atoms with Crippen LogP contribution in [0.1, 0.15) is 24.3 Å². The minimum atomic E-state index is -1.27. The Morgan fingerprint density at radius 3 is 2.68 bits per heavy atom. The number of rotatable bonds is 7. The second-order valence-electron chi connectivity index (χ2n) is 7.43. The maximum Gasteiger partial charge on any atom is 0.231 e. The van der Waals surface area contributed by atoms with E-state index in [0.29, 0.717) is 17.6 Å². The van der Waals surface area contributed by atoms with Gasteiger partial charge >= 0.3 is 0 Å². The molecule has 4 rings (SSSR count). The number of nitrogen functional groups attached to an aromatic ring is 1. The third-order valence-corrected chi connectivity index (χ3v) is 5.44. The van der Waals surface area contributed by atoms with Crippen LogP contribution in [-0.2, 0) is 17.6 Å². The van der Waals surface area contributed by atoms with Crippen molar-refractivity contribution >= 4 is 28.6 Å². The van der Waals surface area contributed by atoms with Crippen LogP contribution in [0, 0.1) is 0 Å². The number of benzene rings is 1. The van der Waals surface area contributed by atoms with E-state index in [1.54, 1.807) is 0 Å². The van der Waals surface area contributed by atoms with Crippen molar-refractivity contribution in [1.82, 2.24) is 19.5 Å². The van der Waals surface area contributed by atoms with Crippen molar-refractivity contribution in [2.75, 3.05) is 24.3 Å². The van der Waals surface area contributed by atoms with Crippen LogP contribution in [0.15, 0.2) is 24.5 Å². The molecule has 0 spiro atoms. The summed E-state index contributed by atoms with van der Waals surface area (Å²) >= 11 is 0. The summed E-state index contributed by atoms with van der Waals surface area (Å²) in [7, 11) is 0. The smallest absolute Gasteiger partial charge is 0.231 e. The topological polar surface area (TPSA) is 172 Å². The van der Waals surface area contributed by atoms with E-state index in [-0.39, 0.29) is 18.4 Å². The molecule has 1 aromatic carbocycles. The van der Waals surface area contributed by atoms with Gasteiger partial charge in [0, 0.05) is 12.3 Å². The maximum absolute atomic E-state index is 10.4. The first kappa shape index (κ1) is 21.4. The van der Waals surface area contributed by atoms with Gasteiger partial charge in [-0.1, -0.05) is 19.1 Å². The van der Waals surface area contributed by atoms with E-state index >= 15 is 0 Å². The molecule has 11 nitrogen and oxygen atoms in total. The van der Waals surface area contributed by atoms with E-state index in [1.165, 1.54) is 10.9 Å². The lowest BCUT2D eigenvalue weighted by Crippen LogP contribution is -2.33. The van der Waals surface area contributed by atoms with Crippen LogP contribution in [0.3, 0.4) is 0 Å². The normalized spacial score (nSPS) is 23.5. The molecule has 1 saturated heterocycles. The first-order valence-corrected chi connectivity index (χ1v) is 10.1. The van der Waals surface area contributed by atoms with Crippen LogP contribution in [0.2, 0.25) is 0 Å². The van der Waals surface area contributed by atoms with Gasteiger partial charge in [0.25, 0.3) is 0 Å². The Bertz CT molecular complexity index is 1070. The summed E-state index contributed by atoms with van der Waals surface area (Å²) in [6.07, 6.45) is -1.72. The van der Waals surface area contributed by atoms with Gasteiger partial charge in [-0.2, -0.15) is 9.97 Å². The van der Waals surface area contributed by atoms with E-state index in [1.807, 2.05) is 25.1 Å². The zero-order valence-electron chi connectivity index (χ0n) is 17.0. The summed E-state index contributed by atoms with van der Waals surface area (Å²) < 4.78 is 7.06. The molecule has 0 radical (unpaired) electrons. The maximum atomic E-state index is 10.4. The zero-order valence-corrected chi connectivity index (χ0v) is 17.0. The number of ether oxygens (including phenoxy) is 1. The minimum absolute atomic E-state index is 0.0455. The minimum Gasteiger partial charge on any atom is -0.396 e. The summed E-state index contributed by atoms with van der Waals surface area (Å²) in [6.45, 7) is 1.64. The third kappa shape index (κ3) is 3.93. The standard InChI is InChI=1S/C20H26N6O5/c1-2-11-4-3-10(5-6-27)7-12(11)23-20-24-17(21)14-18(25-20)26(9-22-14)19-16(30)15(29)13(8-28)31-19/h3-4,7,9,13,15-16,19,27-30H,2,5-6,8H2,1H3,(H3,21,23,24,25)/t13-,15-,16-,19-/m1/s1. The van der Waals surface area contributed by atoms with Crippen molar-refractivity contribution in [2.45, 2.75) is 44.3 Å². The predicted octanol–water partition coefficient (Wildman–Crippen LogP) is -0.139. The Balaban J connectivity index is 1.71. The fourth-order valence-electron chi connectivity index (χ4n) is 3.74. The lowest BCUT2D eigenvalue weighted by atomic mass is 10.1. The van der Waals surface area contributed by atoms with Crippen molar-refractivity contribution in [3.8, 4) is 0 Å². The number of hydrogen-bond acceptors (Lipinski definition) is 10. The van der Waals surface area contributed by atoms with Crippen LogP contribution in [0.4, 0.5) is 17.5 Å². The van der Waals surface area contributed by atoms with Crippen molar-refractivity contribution < 1.29 is 25.2 Å². The quantitative estimate of drug-likeness (QED) is 0.296. The Morgan fingerprint density at radius 2 is 2.00 bits per heavy atom. The Hall–Kier alpha value is -2.83. The van der Waals surface area contributed by atoms with Crippen molar-refractivity contribution in [1.29, 1.82) is 0 Å². The lowest BCUT2D eigenvalue weighted by molar-refractivity contribution is -0.0511. The molecule has 166 valence electrons. The number of aliphatic hydroxyl groups excluding tert-OH is 4. The number of aromatic nitrogens is 4. The van der Waals surface area contributed by atoms with Crippen molar-refractivity contribution in [2.24, 2.45) is 0 Å². The summed E-state index contributed by atoms with van der Waals surface area (Å²) in [5.74, 6) is 0.372. The van der Waals surface area contributed by atoms with Gasteiger partial charge in [-0.3, -0.25) is 4.57 Å². The van der Waals surface area contributed by atoms with Crippen molar-refractivity contribution in [3.63, 3.8) is 0 Å². The fraction of sp³-hybridized carbons (Fsp3) is 0.450. The van der Waals surface area contributed by atoms with Gasteiger partial charge < -0.3 is 36.2 Å². The summed E-state index contributed by atoms with van der Waals surface area (Å²) in [4.78, 5) is 13.0. The molecule has 11 heteroatoms. The number of aliphatic hydroxyl groups is 4. The lowest BCUT2D eigenvalue weighted by Gasteiger charge is -2.17. The summed E-state index contributed by atoms with van der Waals surface area (Å²) in [6, 6.07) is 5.89. The summed E-state index contributed by atoms with van der Waals surface area (Å²) in [5.41, 5.74) is 9.54. The van der Waals surface area contributed by atoms with Gasteiger partial charge in [-0.15, -0.1) is 0 Å². The molecular weight excluding hydrogens is 404 g/mol. The number of imidazole rings is 1. The highest BCUT2D eigenvalue weighted by Crippen LogP contribution is 2.32. The first-order valence-electron chi connectivity index (χ1n) is 10.1. The number of nitrogens with two attached hydrogens (primary N) is 1. The molecule has 3 aromatic rings. The second-order valence-corrected chi connectivity index (χ2v) is 7.43. The van der Waals surface area contributed by atoms with Gasteiger partial charge in [0.1, 0.15) is 23.8 Å². The molecule has 3 heterocycles. The highest BCUT2D eigenvalue weighted by molar-refractivity contribution is 5.83. The number of nitrogens with one attached hydrogen (secondary N) is 1. The van der Waals surface area contributed by atoms with Gasteiger partial charge in [0.15, 0.2) is 17.7 Å². The molecule has 4 atom stereocenters. The van der Waals surface area contributed by atoms with Crippen LogP contribution >= 0.6 is 0 Å². The van der Waals surface area contributed by atoms with E-state index < -0.39 is 31.1 Å².